The van der Waals surface area contributed by atoms with Crippen LogP contribution in [0.1, 0.15) is 49.4 Å². The van der Waals surface area contributed by atoms with Crippen LogP contribution in [0, 0.1) is 11.8 Å². The number of fused-ring (bicyclic) bond motifs is 1. The lowest BCUT2D eigenvalue weighted by Crippen LogP contribution is -2.35. The molecular weight excluding hydrogens is 390 g/mol. The number of hydrogen-bond donors (Lipinski definition) is 2. The molecule has 30 heavy (non-hydrogen) atoms. The first-order chi connectivity index (χ1) is 14.3. The van der Waals surface area contributed by atoms with Crippen molar-refractivity contribution in [2.45, 2.75) is 45.1 Å². The van der Waals surface area contributed by atoms with E-state index in [1.807, 2.05) is 0 Å². The van der Waals surface area contributed by atoms with Gasteiger partial charge in [0.25, 0.3) is 5.91 Å². The molecule has 0 spiro atoms. The molecule has 9 nitrogen and oxygen atoms in total. The highest BCUT2D eigenvalue weighted by atomic mass is 16.5. The average molecular weight is 415 g/mol. The van der Waals surface area contributed by atoms with Gasteiger partial charge in [-0.05, 0) is 44.0 Å². The van der Waals surface area contributed by atoms with Crippen LogP contribution in [0.3, 0.4) is 0 Å². The van der Waals surface area contributed by atoms with Gasteiger partial charge < -0.3 is 15.8 Å². The largest absolute Gasteiger partial charge is 0.452 e. The molecule has 4 amide bonds. The first kappa shape index (κ1) is 21.5. The lowest BCUT2D eigenvalue weighted by Gasteiger charge is -2.19. The number of amides is 4. The summed E-state index contributed by atoms with van der Waals surface area (Å²) in [5.74, 6) is -2.72. The summed E-state index contributed by atoms with van der Waals surface area (Å²) in [6, 6.07) is 5.96. The molecular formula is C21H25N3O6. The van der Waals surface area contributed by atoms with Crippen molar-refractivity contribution >= 4 is 35.3 Å². The van der Waals surface area contributed by atoms with Gasteiger partial charge in [0.05, 0.1) is 18.3 Å². The Hall–Kier alpha value is -3.23. The minimum Gasteiger partial charge on any atom is -0.452 e. The number of nitrogens with zero attached hydrogens (tertiary/aromatic N) is 1. The number of nitrogens with one attached hydrogen (secondary N) is 1. The van der Waals surface area contributed by atoms with Gasteiger partial charge in [-0.25, -0.2) is 0 Å². The summed E-state index contributed by atoms with van der Waals surface area (Å²) < 4.78 is 5.12. The van der Waals surface area contributed by atoms with E-state index in [1.165, 1.54) is 31.2 Å². The maximum atomic E-state index is 12.4. The zero-order valence-electron chi connectivity index (χ0n) is 16.8. The van der Waals surface area contributed by atoms with Crippen molar-refractivity contribution in [1.29, 1.82) is 0 Å². The molecule has 3 N–H and O–H groups in total. The van der Waals surface area contributed by atoms with Gasteiger partial charge in [-0.2, -0.15) is 0 Å². The smallest absolute Gasteiger partial charge is 0.308 e. The topological polar surface area (TPSA) is 136 Å². The van der Waals surface area contributed by atoms with E-state index in [2.05, 4.69) is 5.32 Å². The molecule has 3 rings (SSSR count). The highest BCUT2D eigenvalue weighted by Gasteiger charge is 2.47. The number of hydrogen-bond acceptors (Lipinski definition) is 6. The van der Waals surface area contributed by atoms with Crippen LogP contribution < -0.4 is 11.1 Å². The van der Waals surface area contributed by atoms with Crippen LogP contribution >= 0.6 is 0 Å². The number of benzene rings is 1. The van der Waals surface area contributed by atoms with Crippen molar-refractivity contribution in [2.24, 2.45) is 17.6 Å². The van der Waals surface area contributed by atoms with Crippen LogP contribution in [0.4, 0.5) is 5.69 Å². The van der Waals surface area contributed by atoms with E-state index in [-0.39, 0.29) is 36.6 Å². The van der Waals surface area contributed by atoms with E-state index in [4.69, 9.17) is 10.5 Å². The molecule has 1 aromatic rings. The Labute approximate surface area is 173 Å². The van der Waals surface area contributed by atoms with Gasteiger partial charge in [-0.3, -0.25) is 28.9 Å². The summed E-state index contributed by atoms with van der Waals surface area (Å²) in [4.78, 5) is 61.4. The lowest BCUT2D eigenvalue weighted by molar-refractivity contribution is -0.154. The normalized spacial score (nSPS) is 21.7. The summed E-state index contributed by atoms with van der Waals surface area (Å²) in [5, 5.41) is 2.57. The molecule has 2 aliphatic rings. The quantitative estimate of drug-likeness (QED) is 0.508. The molecule has 0 aromatic heterocycles. The fourth-order valence-electron chi connectivity index (χ4n) is 3.93. The number of primary amides is 1. The van der Waals surface area contributed by atoms with Crippen LogP contribution in [0.2, 0.25) is 0 Å². The predicted molar refractivity (Wildman–Crippen MR) is 106 cm³/mol. The summed E-state index contributed by atoms with van der Waals surface area (Å²) in [6.07, 6.45) is 2.08. The Morgan fingerprint density at radius 3 is 2.20 bits per heavy atom. The van der Waals surface area contributed by atoms with Crippen molar-refractivity contribution in [2.75, 3.05) is 11.9 Å². The van der Waals surface area contributed by atoms with Crippen LogP contribution in [0.5, 0.6) is 0 Å². The van der Waals surface area contributed by atoms with Crippen LogP contribution in [-0.4, -0.2) is 47.1 Å². The molecule has 1 aliphatic carbocycles. The highest BCUT2D eigenvalue weighted by Crippen LogP contribution is 2.37. The van der Waals surface area contributed by atoms with Crippen molar-refractivity contribution < 1.29 is 28.7 Å². The van der Waals surface area contributed by atoms with Crippen LogP contribution in [0.25, 0.3) is 0 Å². The zero-order chi connectivity index (χ0) is 21.8. The second kappa shape index (κ2) is 9.06. The van der Waals surface area contributed by atoms with E-state index in [0.717, 1.165) is 17.7 Å². The van der Waals surface area contributed by atoms with E-state index in [9.17, 15) is 24.0 Å². The standard InChI is InChI=1S/C21H25N3O6/c1-12(19(27)23-14-8-6-13(7-9-14)18(22)26)30-17(25)10-11-24-20(28)15-4-2-3-5-16(15)21(24)29/h6-9,12,15-16H,2-5,10-11H2,1H3,(H2,22,26)(H,23,27)/t12-,15-,16+/m0/s1. The highest BCUT2D eigenvalue weighted by molar-refractivity contribution is 6.05. The molecule has 0 unspecified atom stereocenters. The molecule has 2 fully saturated rings. The Morgan fingerprint density at radius 2 is 1.67 bits per heavy atom. The summed E-state index contributed by atoms with van der Waals surface area (Å²) in [6.45, 7) is 1.39. The summed E-state index contributed by atoms with van der Waals surface area (Å²) in [7, 11) is 0. The molecule has 160 valence electrons. The lowest BCUT2D eigenvalue weighted by atomic mass is 9.81. The second-order valence-electron chi connectivity index (χ2n) is 7.64. The number of nitrogens with two attached hydrogens (primary N) is 1. The minimum absolute atomic E-state index is 0.0353. The SMILES string of the molecule is C[C@H](OC(=O)CCN1C(=O)[C@H]2CCCC[C@H]2C1=O)C(=O)Nc1ccc(C(N)=O)cc1. The van der Waals surface area contributed by atoms with Crippen molar-refractivity contribution in [3.05, 3.63) is 29.8 Å². The summed E-state index contributed by atoms with van der Waals surface area (Å²) in [5.41, 5.74) is 5.89. The molecule has 1 saturated heterocycles. The molecule has 1 saturated carbocycles. The third kappa shape index (κ3) is 4.67. The molecule has 0 radical (unpaired) electrons. The van der Waals surface area contributed by atoms with Gasteiger partial charge in [0, 0.05) is 17.8 Å². The maximum absolute atomic E-state index is 12.4. The fraction of sp³-hybridized carbons (Fsp3) is 0.476. The first-order valence-corrected chi connectivity index (χ1v) is 10.0. The number of esters is 1. The van der Waals surface area contributed by atoms with Gasteiger partial charge in [-0.15, -0.1) is 0 Å². The molecule has 9 heteroatoms. The van der Waals surface area contributed by atoms with Gasteiger partial charge in [-0.1, -0.05) is 12.8 Å². The zero-order valence-corrected chi connectivity index (χ0v) is 16.8. The van der Waals surface area contributed by atoms with Gasteiger partial charge in [0.1, 0.15) is 0 Å². The van der Waals surface area contributed by atoms with E-state index in [0.29, 0.717) is 24.1 Å². The number of ether oxygens (including phenoxy) is 1. The molecule has 3 atom stereocenters. The third-order valence-corrected chi connectivity index (χ3v) is 5.59. The monoisotopic (exact) mass is 415 g/mol. The Kier molecular flexibility index (Phi) is 6.49. The Balaban J connectivity index is 1.47. The number of imide groups is 1. The average Bonchev–Trinajstić information content (AvgIpc) is 2.97. The predicted octanol–water partition coefficient (Wildman–Crippen LogP) is 1.22. The second-order valence-corrected chi connectivity index (χ2v) is 7.64. The minimum atomic E-state index is -1.07. The number of carbonyl (C=O) groups excluding carboxylic acids is 5. The fourth-order valence-corrected chi connectivity index (χ4v) is 3.93. The number of carbonyl (C=O) groups is 5. The van der Waals surface area contributed by atoms with Crippen molar-refractivity contribution in [3.63, 3.8) is 0 Å². The van der Waals surface area contributed by atoms with E-state index >= 15 is 0 Å². The van der Waals surface area contributed by atoms with Crippen molar-refractivity contribution in [1.82, 2.24) is 4.90 Å². The van der Waals surface area contributed by atoms with Crippen LogP contribution in [0.15, 0.2) is 24.3 Å². The molecule has 1 aliphatic heterocycles. The molecule has 0 bridgehead atoms. The van der Waals surface area contributed by atoms with Gasteiger partial charge in [0.15, 0.2) is 6.10 Å². The van der Waals surface area contributed by atoms with Gasteiger partial charge in [0.2, 0.25) is 17.7 Å². The maximum Gasteiger partial charge on any atom is 0.308 e. The van der Waals surface area contributed by atoms with E-state index in [1.54, 1.807) is 0 Å². The Bertz CT molecular complexity index is 842. The summed E-state index contributed by atoms with van der Waals surface area (Å²) >= 11 is 0. The van der Waals surface area contributed by atoms with Gasteiger partial charge >= 0.3 is 5.97 Å². The number of likely N-dealkylation sites (tertiary alicyclic amines) is 1. The molecule has 1 heterocycles. The molecule has 1 aromatic carbocycles. The number of rotatable bonds is 7. The first-order valence-electron chi connectivity index (χ1n) is 10.0. The van der Waals surface area contributed by atoms with Crippen LogP contribution in [-0.2, 0) is 23.9 Å². The third-order valence-electron chi connectivity index (χ3n) is 5.59. The number of anilines is 1. The van der Waals surface area contributed by atoms with Crippen molar-refractivity contribution in [3.8, 4) is 0 Å². The van der Waals surface area contributed by atoms with E-state index < -0.39 is 23.9 Å². The Morgan fingerprint density at radius 1 is 1.10 bits per heavy atom.